The molecular weight excluding hydrogens is 444 g/mol. The molecule has 0 aliphatic carbocycles. The van der Waals surface area contributed by atoms with Crippen molar-refractivity contribution >= 4 is 11.7 Å². The second-order valence-corrected chi connectivity index (χ2v) is 11.4. The lowest BCUT2D eigenvalue weighted by molar-refractivity contribution is -0.160. The van der Waals surface area contributed by atoms with E-state index in [1.165, 1.54) is 0 Å². The quantitative estimate of drug-likeness (QED) is 0.585. The third kappa shape index (κ3) is 5.40. The Hall–Kier alpha value is -2.80. The van der Waals surface area contributed by atoms with E-state index in [4.69, 9.17) is 19.2 Å². The van der Waals surface area contributed by atoms with Gasteiger partial charge in [-0.1, -0.05) is 19.9 Å². The van der Waals surface area contributed by atoms with Crippen molar-refractivity contribution in [3.05, 3.63) is 35.2 Å². The molecule has 1 saturated heterocycles. The van der Waals surface area contributed by atoms with Crippen molar-refractivity contribution in [1.82, 2.24) is 4.98 Å². The number of fused-ring (bicyclic) bond motifs is 1. The maximum Gasteiger partial charge on any atom is 0.337 e. The van der Waals surface area contributed by atoms with E-state index in [0.29, 0.717) is 30.2 Å². The van der Waals surface area contributed by atoms with Crippen molar-refractivity contribution in [2.45, 2.75) is 73.0 Å². The fourth-order valence-electron chi connectivity index (χ4n) is 4.95. The Kier molecular flexibility index (Phi) is 6.75. The summed E-state index contributed by atoms with van der Waals surface area (Å²) in [5.41, 5.74) is 4.52. The molecule has 0 spiro atoms. The van der Waals surface area contributed by atoms with Gasteiger partial charge in [-0.15, -0.1) is 0 Å². The number of carbonyl (C=O) groups is 1. The summed E-state index contributed by atoms with van der Waals surface area (Å²) < 4.78 is 17.7. The molecule has 190 valence electrons. The van der Waals surface area contributed by atoms with Crippen LogP contribution in [0.15, 0.2) is 18.2 Å². The predicted octanol–water partition coefficient (Wildman–Crippen LogP) is 5.70. The number of anilines is 1. The molecule has 7 nitrogen and oxygen atoms in total. The van der Waals surface area contributed by atoms with Crippen molar-refractivity contribution in [2.75, 3.05) is 31.2 Å². The minimum Gasteiger partial charge on any atom is -0.486 e. The Balaban J connectivity index is 1.95. The number of piperidine rings is 1. The number of benzene rings is 1. The van der Waals surface area contributed by atoms with Gasteiger partial charge in [-0.05, 0) is 70.6 Å². The Morgan fingerprint density at radius 1 is 1.09 bits per heavy atom. The van der Waals surface area contributed by atoms with Crippen LogP contribution in [0.4, 0.5) is 5.69 Å². The average molecular weight is 483 g/mol. The van der Waals surface area contributed by atoms with Gasteiger partial charge in [0, 0.05) is 35.6 Å². The van der Waals surface area contributed by atoms with Crippen LogP contribution < -0.4 is 14.4 Å². The van der Waals surface area contributed by atoms with Gasteiger partial charge in [0.05, 0.1) is 11.3 Å². The van der Waals surface area contributed by atoms with E-state index in [9.17, 15) is 9.90 Å². The molecule has 0 bridgehead atoms. The zero-order chi connectivity index (χ0) is 25.5. The molecular formula is C28H38N2O5. The van der Waals surface area contributed by atoms with Crippen molar-refractivity contribution in [1.29, 1.82) is 0 Å². The van der Waals surface area contributed by atoms with E-state index in [2.05, 4.69) is 18.7 Å². The molecule has 35 heavy (non-hydrogen) atoms. The maximum atomic E-state index is 12.6. The standard InChI is InChI=1S/C28H38N2O5/c1-17-22(19-8-9-20-21(16-19)34-15-14-33-20)24(30-12-10-28(6,7)11-13-30)23(18(2)29-17)25(26(31)32)35-27(3,4)5/h8-9,16,25H,10-15H2,1-7H3,(H,31,32)/t25-/m0/s1. The fraction of sp³-hybridized carbons (Fsp3) is 0.571. The van der Waals surface area contributed by atoms with E-state index < -0.39 is 17.7 Å². The summed E-state index contributed by atoms with van der Waals surface area (Å²) in [6.45, 7) is 16.8. The first kappa shape index (κ1) is 25.3. The smallest absolute Gasteiger partial charge is 0.337 e. The van der Waals surface area contributed by atoms with Crippen molar-refractivity contribution in [2.24, 2.45) is 5.41 Å². The van der Waals surface area contributed by atoms with Crippen LogP contribution in [-0.2, 0) is 9.53 Å². The molecule has 1 aromatic heterocycles. The van der Waals surface area contributed by atoms with Crippen molar-refractivity contribution in [3.63, 3.8) is 0 Å². The second-order valence-electron chi connectivity index (χ2n) is 11.4. The van der Waals surface area contributed by atoms with Crippen LogP contribution in [-0.4, -0.2) is 48.0 Å². The van der Waals surface area contributed by atoms with Gasteiger partial charge in [-0.25, -0.2) is 4.79 Å². The summed E-state index contributed by atoms with van der Waals surface area (Å²) in [6, 6.07) is 5.91. The number of hydrogen-bond donors (Lipinski definition) is 1. The third-order valence-corrected chi connectivity index (χ3v) is 6.80. The summed E-state index contributed by atoms with van der Waals surface area (Å²) in [5, 5.41) is 10.3. The first-order chi connectivity index (χ1) is 16.4. The van der Waals surface area contributed by atoms with Gasteiger partial charge in [0.25, 0.3) is 0 Å². The van der Waals surface area contributed by atoms with Crippen molar-refractivity contribution in [3.8, 4) is 22.6 Å². The molecule has 0 unspecified atom stereocenters. The Morgan fingerprint density at radius 3 is 2.31 bits per heavy atom. The number of hydrogen-bond acceptors (Lipinski definition) is 6. The first-order valence-electron chi connectivity index (χ1n) is 12.4. The third-order valence-electron chi connectivity index (χ3n) is 6.80. The molecule has 0 amide bonds. The topological polar surface area (TPSA) is 81.1 Å². The maximum absolute atomic E-state index is 12.6. The predicted molar refractivity (Wildman–Crippen MR) is 137 cm³/mol. The average Bonchev–Trinajstić information content (AvgIpc) is 2.76. The van der Waals surface area contributed by atoms with Gasteiger partial charge < -0.3 is 24.2 Å². The Bertz CT molecular complexity index is 1110. The van der Waals surface area contributed by atoms with E-state index in [1.54, 1.807) is 0 Å². The number of carboxylic acid groups (broad SMARTS) is 1. The van der Waals surface area contributed by atoms with Crippen LogP contribution >= 0.6 is 0 Å². The van der Waals surface area contributed by atoms with Crippen LogP contribution in [0, 0.1) is 19.3 Å². The summed E-state index contributed by atoms with van der Waals surface area (Å²) in [4.78, 5) is 19.8. The summed E-state index contributed by atoms with van der Waals surface area (Å²) >= 11 is 0. The zero-order valence-corrected chi connectivity index (χ0v) is 22.0. The van der Waals surface area contributed by atoms with Crippen LogP contribution in [0.25, 0.3) is 11.1 Å². The van der Waals surface area contributed by atoms with E-state index in [1.807, 2.05) is 52.8 Å². The van der Waals surface area contributed by atoms with Gasteiger partial charge in [-0.3, -0.25) is 4.98 Å². The summed E-state index contributed by atoms with van der Waals surface area (Å²) in [7, 11) is 0. The lowest BCUT2D eigenvalue weighted by Gasteiger charge is -2.41. The van der Waals surface area contributed by atoms with Crippen LogP contribution in [0.1, 0.15) is 70.5 Å². The number of aromatic nitrogens is 1. The Morgan fingerprint density at radius 2 is 1.71 bits per heavy atom. The van der Waals surface area contributed by atoms with Gasteiger partial charge >= 0.3 is 5.97 Å². The normalized spacial score (nSPS) is 18.3. The number of aliphatic carboxylic acids is 1. The van der Waals surface area contributed by atoms with E-state index in [0.717, 1.165) is 54.2 Å². The minimum absolute atomic E-state index is 0.249. The Labute approximate surface area is 208 Å². The zero-order valence-electron chi connectivity index (χ0n) is 22.0. The first-order valence-corrected chi connectivity index (χ1v) is 12.4. The highest BCUT2D eigenvalue weighted by Crippen LogP contribution is 2.46. The lowest BCUT2D eigenvalue weighted by Crippen LogP contribution is -2.39. The van der Waals surface area contributed by atoms with Crippen LogP contribution in [0.5, 0.6) is 11.5 Å². The molecule has 1 fully saturated rings. The summed E-state index contributed by atoms with van der Waals surface area (Å²) in [6.07, 6.45) is 0.903. The number of nitrogens with zero attached hydrogens (tertiary/aromatic N) is 2. The molecule has 0 radical (unpaired) electrons. The lowest BCUT2D eigenvalue weighted by atomic mass is 9.81. The van der Waals surface area contributed by atoms with Gasteiger partial charge in [0.1, 0.15) is 13.2 Å². The minimum atomic E-state index is -1.14. The molecule has 1 aromatic carbocycles. The highest BCUT2D eigenvalue weighted by molar-refractivity contribution is 5.88. The van der Waals surface area contributed by atoms with Gasteiger partial charge in [-0.2, -0.15) is 0 Å². The fourth-order valence-corrected chi connectivity index (χ4v) is 4.95. The SMILES string of the molecule is Cc1nc(C)c([C@H](OC(C)(C)C)C(=O)O)c(N2CCC(C)(C)CC2)c1-c1ccc2c(c1)OCCO2. The highest BCUT2D eigenvalue weighted by atomic mass is 16.6. The second kappa shape index (κ2) is 9.34. The number of carboxylic acids is 1. The number of aryl methyl sites for hydroxylation is 2. The molecule has 0 saturated carbocycles. The highest BCUT2D eigenvalue weighted by Gasteiger charge is 2.36. The van der Waals surface area contributed by atoms with Crippen molar-refractivity contribution < 1.29 is 24.1 Å². The molecule has 2 aliphatic rings. The molecule has 1 atom stereocenters. The number of ether oxygens (including phenoxy) is 3. The molecule has 1 N–H and O–H groups in total. The van der Waals surface area contributed by atoms with Gasteiger partial charge in [0.15, 0.2) is 17.6 Å². The summed E-state index contributed by atoms with van der Waals surface area (Å²) in [5.74, 6) is 0.404. The van der Waals surface area contributed by atoms with Gasteiger partial charge in [0.2, 0.25) is 0 Å². The number of rotatable bonds is 5. The monoisotopic (exact) mass is 482 g/mol. The molecule has 4 rings (SSSR count). The van der Waals surface area contributed by atoms with Crippen LogP contribution in [0.2, 0.25) is 0 Å². The molecule has 7 heteroatoms. The van der Waals surface area contributed by atoms with E-state index in [-0.39, 0.29) is 5.41 Å². The van der Waals surface area contributed by atoms with Crippen LogP contribution in [0.3, 0.4) is 0 Å². The number of pyridine rings is 1. The van der Waals surface area contributed by atoms with E-state index >= 15 is 0 Å². The molecule has 3 heterocycles. The molecule has 2 aliphatic heterocycles. The molecule has 2 aromatic rings. The largest absolute Gasteiger partial charge is 0.486 e.